The number of piperidine rings is 2. The lowest BCUT2D eigenvalue weighted by molar-refractivity contribution is -0.133. The summed E-state index contributed by atoms with van der Waals surface area (Å²) in [4.78, 5) is 17.4. The number of nitrogens with zero attached hydrogens (tertiary/aromatic N) is 2. The average Bonchev–Trinajstić information content (AvgIpc) is 2.64. The first-order valence-electron chi connectivity index (χ1n) is 9.92. The molecule has 1 amide bonds. The lowest BCUT2D eigenvalue weighted by atomic mass is 9.94. The molecule has 0 spiro atoms. The Morgan fingerprint density at radius 3 is 2.44 bits per heavy atom. The fourth-order valence-electron chi connectivity index (χ4n) is 4.19. The molecule has 0 bridgehead atoms. The van der Waals surface area contributed by atoms with Crippen molar-refractivity contribution in [2.75, 3.05) is 32.7 Å². The normalized spacial score (nSPS) is 22.4. The van der Waals surface area contributed by atoms with Gasteiger partial charge < -0.3 is 15.5 Å². The summed E-state index contributed by atoms with van der Waals surface area (Å²) in [6.45, 7) is 7.77. The van der Waals surface area contributed by atoms with Crippen molar-refractivity contribution in [1.82, 2.24) is 9.80 Å². The Balaban J connectivity index is 0.00000182. The lowest BCUT2D eigenvalue weighted by Crippen LogP contribution is -2.45. The van der Waals surface area contributed by atoms with Crippen molar-refractivity contribution in [1.29, 1.82) is 0 Å². The molecule has 2 heterocycles. The van der Waals surface area contributed by atoms with E-state index in [9.17, 15) is 4.79 Å². The number of carbonyl (C=O) groups is 1. The summed E-state index contributed by atoms with van der Waals surface area (Å²) in [5.74, 6) is 1.72. The van der Waals surface area contributed by atoms with E-state index in [-0.39, 0.29) is 36.8 Å². The van der Waals surface area contributed by atoms with Crippen molar-refractivity contribution in [2.24, 2.45) is 17.6 Å². The van der Waals surface area contributed by atoms with Gasteiger partial charge in [-0.05, 0) is 56.2 Å². The molecule has 4 nitrogen and oxygen atoms in total. The minimum atomic E-state index is -0.197. The molecule has 0 saturated carbocycles. The zero-order valence-corrected chi connectivity index (χ0v) is 18.0. The molecule has 2 saturated heterocycles. The molecular weight excluding hydrogens is 381 g/mol. The molecule has 2 atom stereocenters. The zero-order chi connectivity index (χ0) is 17.6. The van der Waals surface area contributed by atoms with Crippen LogP contribution in [-0.4, -0.2) is 48.4 Å². The maximum atomic E-state index is 12.7. The Kier molecular flexibility index (Phi) is 10.7. The van der Waals surface area contributed by atoms with Crippen LogP contribution < -0.4 is 5.73 Å². The molecule has 0 aliphatic carbocycles. The quantitative estimate of drug-likeness (QED) is 0.792. The maximum Gasteiger partial charge on any atom is 0.224 e. The fourth-order valence-corrected chi connectivity index (χ4v) is 4.19. The summed E-state index contributed by atoms with van der Waals surface area (Å²) in [5, 5.41) is 0. The van der Waals surface area contributed by atoms with Crippen LogP contribution in [0, 0.1) is 11.8 Å². The van der Waals surface area contributed by atoms with Gasteiger partial charge in [-0.15, -0.1) is 24.8 Å². The van der Waals surface area contributed by atoms with E-state index in [1.807, 2.05) is 30.3 Å². The van der Waals surface area contributed by atoms with E-state index in [0.29, 0.717) is 12.3 Å². The molecule has 0 aromatic heterocycles. The van der Waals surface area contributed by atoms with Gasteiger partial charge in [0.1, 0.15) is 0 Å². The van der Waals surface area contributed by atoms with E-state index in [1.165, 1.54) is 32.4 Å². The van der Waals surface area contributed by atoms with Gasteiger partial charge in [-0.2, -0.15) is 0 Å². The monoisotopic (exact) mass is 415 g/mol. The third kappa shape index (κ3) is 7.26. The second-order valence-electron chi connectivity index (χ2n) is 8.05. The Morgan fingerprint density at radius 2 is 1.78 bits per heavy atom. The van der Waals surface area contributed by atoms with E-state index >= 15 is 0 Å². The number of nitrogens with two attached hydrogens (primary N) is 1. The van der Waals surface area contributed by atoms with E-state index in [4.69, 9.17) is 5.73 Å². The van der Waals surface area contributed by atoms with Gasteiger partial charge in [0.25, 0.3) is 0 Å². The highest BCUT2D eigenvalue weighted by Crippen LogP contribution is 2.23. The smallest absolute Gasteiger partial charge is 0.224 e. The van der Waals surface area contributed by atoms with Crippen LogP contribution in [0.3, 0.4) is 0 Å². The largest absolute Gasteiger partial charge is 0.342 e. The minimum absolute atomic E-state index is 0. The maximum absolute atomic E-state index is 12.7. The molecule has 2 N–H and O–H groups in total. The van der Waals surface area contributed by atoms with Crippen LogP contribution in [0.1, 0.15) is 50.6 Å². The topological polar surface area (TPSA) is 49.6 Å². The molecule has 3 rings (SSSR count). The van der Waals surface area contributed by atoms with Crippen molar-refractivity contribution in [3.05, 3.63) is 35.9 Å². The van der Waals surface area contributed by atoms with Gasteiger partial charge in [0.15, 0.2) is 0 Å². The predicted octanol–water partition coefficient (Wildman–Crippen LogP) is 3.89. The minimum Gasteiger partial charge on any atom is -0.342 e. The zero-order valence-electron chi connectivity index (χ0n) is 16.4. The summed E-state index contributed by atoms with van der Waals surface area (Å²) in [6, 6.07) is 9.77. The average molecular weight is 416 g/mol. The number of hydrogen-bond acceptors (Lipinski definition) is 3. The number of rotatable bonds is 5. The summed E-state index contributed by atoms with van der Waals surface area (Å²) >= 11 is 0. The summed E-state index contributed by atoms with van der Waals surface area (Å²) in [7, 11) is 0. The van der Waals surface area contributed by atoms with Gasteiger partial charge in [-0.1, -0.05) is 37.3 Å². The van der Waals surface area contributed by atoms with Gasteiger partial charge in [0.2, 0.25) is 5.91 Å². The Morgan fingerprint density at radius 1 is 1.11 bits per heavy atom. The predicted molar refractivity (Wildman–Crippen MR) is 117 cm³/mol. The number of amides is 1. The Labute approximate surface area is 176 Å². The van der Waals surface area contributed by atoms with Crippen molar-refractivity contribution < 1.29 is 4.79 Å². The highest BCUT2D eigenvalue weighted by Gasteiger charge is 2.27. The van der Waals surface area contributed by atoms with Crippen LogP contribution in [0.2, 0.25) is 0 Å². The van der Waals surface area contributed by atoms with E-state index in [2.05, 4.69) is 16.7 Å². The van der Waals surface area contributed by atoms with Gasteiger partial charge >= 0.3 is 0 Å². The van der Waals surface area contributed by atoms with E-state index in [0.717, 1.165) is 37.5 Å². The molecule has 27 heavy (non-hydrogen) atoms. The number of hydrogen-bond donors (Lipinski definition) is 1. The number of benzene rings is 1. The molecule has 0 radical (unpaired) electrons. The molecule has 154 valence electrons. The first-order valence-corrected chi connectivity index (χ1v) is 9.92. The van der Waals surface area contributed by atoms with Crippen LogP contribution in [0.25, 0.3) is 0 Å². The van der Waals surface area contributed by atoms with Crippen LogP contribution in [0.5, 0.6) is 0 Å². The summed E-state index contributed by atoms with van der Waals surface area (Å²) in [6.07, 6.45) is 5.43. The van der Waals surface area contributed by atoms with Gasteiger partial charge in [0.05, 0.1) is 0 Å². The summed E-state index contributed by atoms with van der Waals surface area (Å²) < 4.78 is 0. The standard InChI is InChI=1S/C21H33N3O.2ClH/c1-17-9-12-23(13-10-17)15-18-6-5-11-24(16-18)21(25)14-20(22)19-7-3-2-4-8-19;;/h2-4,7-8,17-18,20H,5-6,9-16,22H2,1H3;2*1H. The summed E-state index contributed by atoms with van der Waals surface area (Å²) in [5.41, 5.74) is 7.29. The number of likely N-dealkylation sites (tertiary alicyclic amines) is 2. The highest BCUT2D eigenvalue weighted by atomic mass is 35.5. The molecule has 6 heteroatoms. The molecule has 2 aliphatic rings. The van der Waals surface area contributed by atoms with Crippen molar-refractivity contribution in [3.63, 3.8) is 0 Å². The Hall–Kier alpha value is -0.810. The lowest BCUT2D eigenvalue weighted by Gasteiger charge is -2.38. The second kappa shape index (κ2) is 11.9. The van der Waals surface area contributed by atoms with Crippen LogP contribution in [-0.2, 0) is 4.79 Å². The van der Waals surface area contributed by atoms with Crippen LogP contribution >= 0.6 is 24.8 Å². The van der Waals surface area contributed by atoms with Gasteiger partial charge in [0, 0.05) is 32.1 Å². The molecule has 1 aromatic carbocycles. The Bertz CT molecular complexity index is 550. The van der Waals surface area contributed by atoms with Crippen LogP contribution in [0.15, 0.2) is 30.3 Å². The molecular formula is C21H35Cl2N3O. The van der Waals surface area contributed by atoms with Gasteiger partial charge in [-0.3, -0.25) is 4.79 Å². The molecule has 2 fully saturated rings. The third-order valence-electron chi connectivity index (χ3n) is 5.89. The fraction of sp³-hybridized carbons (Fsp3) is 0.667. The van der Waals surface area contributed by atoms with Crippen molar-refractivity contribution in [3.8, 4) is 0 Å². The third-order valence-corrected chi connectivity index (χ3v) is 5.89. The van der Waals surface area contributed by atoms with Crippen LogP contribution in [0.4, 0.5) is 0 Å². The van der Waals surface area contributed by atoms with Gasteiger partial charge in [-0.25, -0.2) is 0 Å². The number of halogens is 2. The first-order chi connectivity index (χ1) is 12.1. The second-order valence-corrected chi connectivity index (χ2v) is 8.05. The van der Waals surface area contributed by atoms with Crippen molar-refractivity contribution >= 4 is 30.7 Å². The van der Waals surface area contributed by atoms with Crippen molar-refractivity contribution in [2.45, 2.75) is 45.1 Å². The number of carbonyl (C=O) groups excluding carboxylic acids is 1. The molecule has 1 aromatic rings. The SMILES string of the molecule is CC1CCN(CC2CCCN(C(=O)CC(N)c3ccccc3)C2)CC1.Cl.Cl. The molecule has 2 unspecified atom stereocenters. The van der Waals surface area contributed by atoms with E-state index in [1.54, 1.807) is 0 Å². The first kappa shape index (κ1) is 24.2. The highest BCUT2D eigenvalue weighted by molar-refractivity contribution is 5.85. The molecule has 2 aliphatic heterocycles. The van der Waals surface area contributed by atoms with E-state index < -0.39 is 0 Å².